The van der Waals surface area contributed by atoms with Crippen LogP contribution in [0.4, 0.5) is 4.79 Å². The zero-order chi connectivity index (χ0) is 15.6. The van der Waals surface area contributed by atoms with Gasteiger partial charge in [-0.2, -0.15) is 0 Å². The van der Waals surface area contributed by atoms with Crippen LogP contribution in [-0.4, -0.2) is 48.2 Å². The lowest BCUT2D eigenvalue weighted by Gasteiger charge is -2.47. The molecule has 0 aliphatic carbocycles. The van der Waals surface area contributed by atoms with Crippen LogP contribution < -0.4 is 5.32 Å². The monoisotopic (exact) mass is 304 g/mol. The Morgan fingerprint density at radius 3 is 3.00 bits per heavy atom. The van der Waals surface area contributed by atoms with E-state index in [9.17, 15) is 9.59 Å². The quantitative estimate of drug-likeness (QED) is 0.894. The van der Waals surface area contributed by atoms with Crippen molar-refractivity contribution < 1.29 is 19.1 Å². The van der Waals surface area contributed by atoms with E-state index in [1.54, 1.807) is 4.90 Å². The average molecular weight is 304 g/mol. The molecule has 22 heavy (non-hydrogen) atoms. The highest BCUT2D eigenvalue weighted by atomic mass is 16.6. The van der Waals surface area contributed by atoms with E-state index in [-0.39, 0.29) is 31.3 Å². The summed E-state index contributed by atoms with van der Waals surface area (Å²) in [5, 5.41) is 2.93. The van der Waals surface area contributed by atoms with Crippen molar-refractivity contribution in [2.75, 3.05) is 19.7 Å². The number of nitrogens with one attached hydrogen (secondary N) is 1. The number of morpholine rings is 1. The summed E-state index contributed by atoms with van der Waals surface area (Å²) in [6, 6.07) is 9.53. The fourth-order valence-electron chi connectivity index (χ4n) is 2.96. The van der Waals surface area contributed by atoms with E-state index < -0.39 is 5.60 Å². The Hall–Kier alpha value is -2.08. The molecule has 2 fully saturated rings. The largest absolute Gasteiger partial charge is 0.445 e. The Balaban J connectivity index is 1.57. The molecule has 0 radical (unpaired) electrons. The van der Waals surface area contributed by atoms with Gasteiger partial charge in [0.2, 0.25) is 5.91 Å². The van der Waals surface area contributed by atoms with Crippen LogP contribution in [0.15, 0.2) is 30.3 Å². The van der Waals surface area contributed by atoms with Crippen molar-refractivity contribution in [1.29, 1.82) is 0 Å². The standard InChI is InChI=1S/C16H20N2O4/c1-16-11-18(8-7-13(16)17-14(19)10-22-16)15(20)21-9-12-5-3-2-4-6-12/h2-6,13H,7-11H2,1H3,(H,17,19)/t13-,16-/m1/s1. The molecule has 2 atom stereocenters. The number of amides is 2. The molecule has 0 aromatic heterocycles. The smallest absolute Gasteiger partial charge is 0.410 e. The van der Waals surface area contributed by atoms with E-state index in [1.165, 1.54) is 0 Å². The van der Waals surface area contributed by atoms with Crippen molar-refractivity contribution >= 4 is 12.0 Å². The van der Waals surface area contributed by atoms with Crippen LogP contribution in [0.3, 0.4) is 0 Å². The molecular weight excluding hydrogens is 284 g/mol. The summed E-state index contributed by atoms with van der Waals surface area (Å²) in [5.41, 5.74) is 0.413. The highest BCUT2D eigenvalue weighted by Gasteiger charge is 2.46. The number of carbonyl (C=O) groups is 2. The van der Waals surface area contributed by atoms with E-state index in [4.69, 9.17) is 9.47 Å². The first-order valence-corrected chi connectivity index (χ1v) is 7.46. The lowest BCUT2D eigenvalue weighted by Crippen LogP contribution is -2.67. The Bertz CT molecular complexity index is 563. The molecule has 1 aromatic rings. The van der Waals surface area contributed by atoms with E-state index in [0.717, 1.165) is 5.56 Å². The second-order valence-electron chi connectivity index (χ2n) is 5.97. The average Bonchev–Trinajstić information content (AvgIpc) is 2.53. The number of carbonyl (C=O) groups excluding carboxylic acids is 2. The topological polar surface area (TPSA) is 67.9 Å². The third kappa shape index (κ3) is 3.06. The van der Waals surface area contributed by atoms with Crippen molar-refractivity contribution in [3.05, 3.63) is 35.9 Å². The lowest BCUT2D eigenvalue weighted by molar-refractivity contribution is -0.157. The molecule has 2 heterocycles. The molecule has 0 unspecified atom stereocenters. The Morgan fingerprint density at radius 1 is 1.45 bits per heavy atom. The molecule has 2 aliphatic rings. The molecule has 6 heteroatoms. The van der Waals surface area contributed by atoms with Gasteiger partial charge in [-0.05, 0) is 18.9 Å². The third-order valence-electron chi connectivity index (χ3n) is 4.26. The molecule has 1 aromatic carbocycles. The van der Waals surface area contributed by atoms with Gasteiger partial charge in [0.25, 0.3) is 0 Å². The van der Waals surface area contributed by atoms with Crippen molar-refractivity contribution in [2.45, 2.75) is 31.6 Å². The van der Waals surface area contributed by atoms with Crippen molar-refractivity contribution in [3.63, 3.8) is 0 Å². The van der Waals surface area contributed by atoms with E-state index in [2.05, 4.69) is 5.32 Å². The number of nitrogens with zero attached hydrogens (tertiary/aromatic N) is 1. The van der Waals surface area contributed by atoms with Crippen LogP contribution in [0, 0.1) is 0 Å². The van der Waals surface area contributed by atoms with Gasteiger partial charge in [0.1, 0.15) is 18.8 Å². The maximum Gasteiger partial charge on any atom is 0.410 e. The number of hydrogen-bond acceptors (Lipinski definition) is 4. The summed E-state index contributed by atoms with van der Waals surface area (Å²) in [5.74, 6) is -0.0948. The van der Waals surface area contributed by atoms with Crippen LogP contribution in [-0.2, 0) is 20.9 Å². The van der Waals surface area contributed by atoms with Crippen molar-refractivity contribution in [3.8, 4) is 0 Å². The molecule has 2 saturated heterocycles. The van der Waals surface area contributed by atoms with E-state index in [0.29, 0.717) is 19.5 Å². The predicted octanol–water partition coefficient (Wildman–Crippen LogP) is 1.30. The maximum absolute atomic E-state index is 12.2. The summed E-state index contributed by atoms with van der Waals surface area (Å²) < 4.78 is 11.0. The number of hydrogen-bond donors (Lipinski definition) is 1. The van der Waals surface area contributed by atoms with Gasteiger partial charge < -0.3 is 19.7 Å². The summed E-state index contributed by atoms with van der Waals surface area (Å²) in [6.45, 7) is 3.20. The van der Waals surface area contributed by atoms with E-state index >= 15 is 0 Å². The minimum atomic E-state index is -0.544. The molecule has 0 spiro atoms. The molecule has 3 rings (SSSR count). The SMILES string of the molecule is C[C@@]12CN(C(=O)OCc3ccccc3)CC[C@H]1NC(=O)CO2. The molecule has 2 amide bonds. The number of rotatable bonds is 2. The fourth-order valence-corrected chi connectivity index (χ4v) is 2.96. The molecule has 6 nitrogen and oxygen atoms in total. The number of fused-ring (bicyclic) bond motifs is 1. The highest BCUT2D eigenvalue weighted by Crippen LogP contribution is 2.28. The van der Waals surface area contributed by atoms with Crippen LogP contribution in [0.25, 0.3) is 0 Å². The molecule has 1 N–H and O–H groups in total. The fraction of sp³-hybridized carbons (Fsp3) is 0.500. The second-order valence-corrected chi connectivity index (χ2v) is 5.97. The Kier molecular flexibility index (Phi) is 4.02. The first kappa shape index (κ1) is 14.8. The van der Waals surface area contributed by atoms with Crippen molar-refractivity contribution in [2.24, 2.45) is 0 Å². The molecule has 0 saturated carbocycles. The molecule has 118 valence electrons. The van der Waals surface area contributed by atoms with Gasteiger partial charge in [-0.25, -0.2) is 4.79 Å². The highest BCUT2D eigenvalue weighted by molar-refractivity contribution is 5.78. The van der Waals surface area contributed by atoms with Crippen LogP contribution in [0.5, 0.6) is 0 Å². The summed E-state index contributed by atoms with van der Waals surface area (Å²) in [7, 11) is 0. The van der Waals surface area contributed by atoms with Gasteiger partial charge in [-0.15, -0.1) is 0 Å². The summed E-state index contributed by atoms with van der Waals surface area (Å²) >= 11 is 0. The second kappa shape index (κ2) is 5.96. The molecule has 0 bridgehead atoms. The third-order valence-corrected chi connectivity index (χ3v) is 4.26. The van der Waals surface area contributed by atoms with Gasteiger partial charge in [0.15, 0.2) is 0 Å². The first-order valence-electron chi connectivity index (χ1n) is 7.46. The first-order chi connectivity index (χ1) is 10.6. The molecular formula is C16H20N2O4. The van der Waals surface area contributed by atoms with Crippen LogP contribution in [0.2, 0.25) is 0 Å². The summed E-state index contributed by atoms with van der Waals surface area (Å²) in [4.78, 5) is 25.3. The van der Waals surface area contributed by atoms with E-state index in [1.807, 2.05) is 37.3 Å². The van der Waals surface area contributed by atoms with Gasteiger partial charge in [-0.3, -0.25) is 4.79 Å². The lowest BCUT2D eigenvalue weighted by atomic mass is 9.88. The van der Waals surface area contributed by atoms with Gasteiger partial charge in [0, 0.05) is 6.54 Å². The van der Waals surface area contributed by atoms with Crippen LogP contribution >= 0.6 is 0 Å². The number of likely N-dealkylation sites (tertiary alicyclic amines) is 1. The maximum atomic E-state index is 12.2. The summed E-state index contributed by atoms with van der Waals surface area (Å²) in [6.07, 6.45) is 0.326. The number of piperidine rings is 1. The zero-order valence-corrected chi connectivity index (χ0v) is 12.6. The van der Waals surface area contributed by atoms with Gasteiger partial charge in [0.05, 0.1) is 12.6 Å². The van der Waals surface area contributed by atoms with Gasteiger partial charge >= 0.3 is 6.09 Å². The minimum Gasteiger partial charge on any atom is -0.445 e. The minimum absolute atomic E-state index is 0.0416. The predicted molar refractivity (Wildman–Crippen MR) is 79.1 cm³/mol. The van der Waals surface area contributed by atoms with Gasteiger partial charge in [-0.1, -0.05) is 30.3 Å². The number of benzene rings is 1. The normalized spacial score (nSPS) is 27.8. The zero-order valence-electron chi connectivity index (χ0n) is 12.6. The number of ether oxygens (including phenoxy) is 2. The Labute approximate surface area is 129 Å². The molecule has 2 aliphatic heterocycles. The van der Waals surface area contributed by atoms with Crippen molar-refractivity contribution in [1.82, 2.24) is 10.2 Å². The van der Waals surface area contributed by atoms with Crippen LogP contribution in [0.1, 0.15) is 18.9 Å². The Morgan fingerprint density at radius 2 is 2.23 bits per heavy atom.